The van der Waals surface area contributed by atoms with Gasteiger partial charge in [0.05, 0.1) is 47.3 Å². The molecule has 7 aromatic rings. The fraction of sp³-hybridized carbons (Fsp3) is 0.0909. The first-order valence-electron chi connectivity index (χ1n) is 15.8. The lowest BCUT2D eigenvalue weighted by Crippen LogP contribution is -2.13. The predicted molar refractivity (Wildman–Crippen MR) is 192 cm³/mol. The molecule has 0 radical (unpaired) electrons. The first-order valence-corrected chi connectivity index (χ1v) is 15.8. The van der Waals surface area contributed by atoms with E-state index in [0.29, 0.717) is 17.1 Å². The Bertz CT molecular complexity index is 2810. The number of nitrogen functional groups attached to an aromatic ring is 2. The van der Waals surface area contributed by atoms with Crippen molar-refractivity contribution >= 4 is 46.3 Å². The number of nitrogens with two attached hydrogens (primary N) is 2. The third-order valence-corrected chi connectivity index (χ3v) is 7.89. The van der Waals surface area contributed by atoms with Crippen LogP contribution in [0.2, 0.25) is 0 Å². The molecule has 0 spiro atoms. The van der Waals surface area contributed by atoms with E-state index in [9.17, 15) is 20.3 Å². The maximum Gasteiger partial charge on any atom is 0.335 e. The minimum Gasteiger partial charge on any atom is -0.479 e. The Kier molecular flexibility index (Phi) is 8.73. The van der Waals surface area contributed by atoms with Crippen LogP contribution in [0.15, 0.2) is 81.4 Å². The normalized spacial score (nSPS) is 11.4. The van der Waals surface area contributed by atoms with Crippen LogP contribution in [0.4, 0.5) is 40.3 Å². The van der Waals surface area contributed by atoms with Gasteiger partial charge in [0.15, 0.2) is 34.6 Å². The van der Waals surface area contributed by atoms with Gasteiger partial charge in [-0.25, -0.2) is 19.0 Å². The van der Waals surface area contributed by atoms with E-state index in [-0.39, 0.29) is 69.1 Å². The van der Waals surface area contributed by atoms with Crippen LogP contribution in [-0.2, 0) is 0 Å². The Morgan fingerprint density at radius 1 is 0.800 bits per heavy atom. The van der Waals surface area contributed by atoms with Crippen LogP contribution in [0.25, 0.3) is 28.1 Å². The number of hydrogen-bond donors (Lipinski definition) is 4. The number of aromatic carboxylic acids is 1. The summed E-state index contributed by atoms with van der Waals surface area (Å²) in [5.74, 6) is -1.59. The fourth-order valence-electron chi connectivity index (χ4n) is 5.28. The molecule has 6 N–H and O–H groups in total. The molecule has 5 heterocycles. The summed E-state index contributed by atoms with van der Waals surface area (Å²) in [5, 5.41) is 64.0. The van der Waals surface area contributed by atoms with Crippen molar-refractivity contribution in [3.05, 3.63) is 100 Å². The van der Waals surface area contributed by atoms with Crippen LogP contribution in [0, 0.1) is 38.7 Å². The van der Waals surface area contributed by atoms with E-state index < -0.39 is 12.0 Å². The van der Waals surface area contributed by atoms with Gasteiger partial charge in [0.25, 0.3) is 17.6 Å². The highest BCUT2D eigenvalue weighted by Crippen LogP contribution is 2.36. The number of anilines is 2. The molecule has 0 unspecified atom stereocenters. The van der Waals surface area contributed by atoms with Gasteiger partial charge < -0.3 is 21.7 Å². The summed E-state index contributed by atoms with van der Waals surface area (Å²) >= 11 is 0. The van der Waals surface area contributed by atoms with E-state index in [1.807, 2.05) is 37.3 Å². The lowest BCUT2D eigenvalue weighted by atomic mass is 10.2. The largest absolute Gasteiger partial charge is 0.479 e. The molecule has 0 aliphatic rings. The SMILES string of the molecule is [C-]#[N+]c1cnn(-c2cccc(C)c2)c1N=Nc1c(C)nn(-c2nc(O)nc(-n3nc(C)c(N=Nc4c(C#N)cnn4-c4cccc(C(=O)O)c4)c3N)n2)c1N. The molecule has 0 fully saturated rings. The van der Waals surface area contributed by atoms with Crippen LogP contribution in [0.3, 0.4) is 0 Å². The number of azo groups is 2. The van der Waals surface area contributed by atoms with Crippen molar-refractivity contribution in [3.63, 3.8) is 0 Å². The quantitative estimate of drug-likeness (QED) is 0.107. The molecule has 0 saturated carbocycles. The van der Waals surface area contributed by atoms with Crippen molar-refractivity contribution in [2.24, 2.45) is 20.5 Å². The molecule has 0 amide bonds. The zero-order valence-electron chi connectivity index (χ0n) is 28.8. The number of carboxylic acids is 1. The molecule has 5 aromatic heterocycles. The van der Waals surface area contributed by atoms with Crippen LogP contribution in [-0.4, -0.2) is 70.3 Å². The number of carboxylic acid groups (broad SMARTS) is 1. The average molecular weight is 736 g/mol. The summed E-state index contributed by atoms with van der Waals surface area (Å²) < 4.78 is 4.93. The summed E-state index contributed by atoms with van der Waals surface area (Å²) in [6.07, 6.45) is 2.65. The highest BCUT2D eigenvalue weighted by molar-refractivity contribution is 5.88. The topological polar surface area (TPSA) is 297 Å². The Balaban J connectivity index is 1.22. The Hall–Kier alpha value is -8.66. The van der Waals surface area contributed by atoms with Crippen LogP contribution >= 0.6 is 0 Å². The van der Waals surface area contributed by atoms with Gasteiger partial charge in [-0.3, -0.25) is 0 Å². The fourth-order valence-corrected chi connectivity index (χ4v) is 5.28. The summed E-state index contributed by atoms with van der Waals surface area (Å²) in [6.45, 7) is 12.7. The molecular formula is C33H25N19O3. The van der Waals surface area contributed by atoms with Crippen molar-refractivity contribution in [1.82, 2.24) is 54.1 Å². The molecule has 0 atom stereocenters. The summed E-state index contributed by atoms with van der Waals surface area (Å²) in [4.78, 5) is 27.4. The number of aromatic hydroxyl groups is 1. The highest BCUT2D eigenvalue weighted by Gasteiger charge is 2.23. The van der Waals surface area contributed by atoms with Crippen LogP contribution in [0.5, 0.6) is 6.01 Å². The molecule has 0 bridgehead atoms. The van der Waals surface area contributed by atoms with Crippen molar-refractivity contribution in [2.45, 2.75) is 20.8 Å². The molecular weight excluding hydrogens is 710 g/mol. The molecule has 7 rings (SSSR count). The van der Waals surface area contributed by atoms with Crippen molar-refractivity contribution < 1.29 is 15.0 Å². The van der Waals surface area contributed by atoms with E-state index >= 15 is 0 Å². The first-order chi connectivity index (χ1) is 26.5. The first kappa shape index (κ1) is 34.8. The third-order valence-electron chi connectivity index (χ3n) is 7.89. The van der Waals surface area contributed by atoms with E-state index in [2.05, 4.69) is 60.6 Å². The van der Waals surface area contributed by atoms with Gasteiger partial charge in [0.2, 0.25) is 0 Å². The zero-order valence-corrected chi connectivity index (χ0v) is 28.8. The van der Waals surface area contributed by atoms with Crippen molar-refractivity contribution in [2.75, 3.05) is 11.5 Å². The van der Waals surface area contributed by atoms with E-state index in [0.717, 1.165) is 14.9 Å². The number of nitrogens with zero attached hydrogens (tertiary/aromatic N) is 17. The predicted octanol–water partition coefficient (Wildman–Crippen LogP) is 5.36. The lowest BCUT2D eigenvalue weighted by Gasteiger charge is -2.06. The van der Waals surface area contributed by atoms with Crippen molar-refractivity contribution in [3.8, 4) is 35.4 Å². The third kappa shape index (κ3) is 6.40. The zero-order chi connectivity index (χ0) is 39.0. The van der Waals surface area contributed by atoms with Gasteiger partial charge >= 0.3 is 12.0 Å². The average Bonchev–Trinajstić information content (AvgIpc) is 3.92. The van der Waals surface area contributed by atoms with Gasteiger partial charge in [-0.05, 0) is 56.7 Å². The molecule has 22 heteroatoms. The van der Waals surface area contributed by atoms with Crippen LogP contribution in [0.1, 0.15) is 32.9 Å². The maximum atomic E-state index is 11.5. The number of rotatable bonds is 9. The van der Waals surface area contributed by atoms with Gasteiger partial charge in [-0.1, -0.05) is 18.2 Å². The number of aryl methyl sites for hydroxylation is 3. The van der Waals surface area contributed by atoms with E-state index in [1.165, 1.54) is 40.0 Å². The minimum absolute atomic E-state index is 0.000592. The Morgan fingerprint density at radius 3 is 1.95 bits per heavy atom. The van der Waals surface area contributed by atoms with Crippen molar-refractivity contribution in [1.29, 1.82) is 5.26 Å². The number of nitriles is 1. The van der Waals surface area contributed by atoms with Crippen LogP contribution < -0.4 is 11.5 Å². The summed E-state index contributed by atoms with van der Waals surface area (Å²) in [5.41, 5.74) is 15.9. The highest BCUT2D eigenvalue weighted by atomic mass is 16.4. The number of aromatic nitrogens is 11. The Labute approximate surface area is 308 Å². The standard InChI is InChI=1S/C33H25N19O3/c1-16-7-5-9-21(11-16)50-29(23(37-4)15-39-50)46-44-25-18(3)48-52(27(25)36)32-40-31(41-33(55)42-32)51-26(35)24(17(2)47-51)43-45-28-20(13-34)14-38-49(28)22-10-6-8-19(12-22)30(53)54/h5-12,14-15H,35-36H2,1-3H3,(H,53,54)(H,40,41,42,55). The van der Waals surface area contributed by atoms with E-state index in [1.54, 1.807) is 19.9 Å². The van der Waals surface area contributed by atoms with Gasteiger partial charge in [-0.15, -0.1) is 20.5 Å². The lowest BCUT2D eigenvalue weighted by molar-refractivity contribution is 0.0696. The number of benzene rings is 2. The molecule has 0 aliphatic carbocycles. The summed E-state index contributed by atoms with van der Waals surface area (Å²) in [6, 6.07) is 14.6. The maximum absolute atomic E-state index is 11.5. The molecule has 270 valence electrons. The van der Waals surface area contributed by atoms with Gasteiger partial charge in [0.1, 0.15) is 11.6 Å². The monoisotopic (exact) mass is 735 g/mol. The molecule has 2 aromatic carbocycles. The van der Waals surface area contributed by atoms with Gasteiger partial charge in [-0.2, -0.15) is 50.0 Å². The smallest absolute Gasteiger partial charge is 0.335 e. The number of carbonyl (C=O) groups is 1. The number of hydrogen-bond acceptors (Lipinski definition) is 16. The second-order valence-corrected chi connectivity index (χ2v) is 11.6. The second-order valence-electron chi connectivity index (χ2n) is 11.6. The molecule has 0 saturated heterocycles. The Morgan fingerprint density at radius 2 is 1.36 bits per heavy atom. The minimum atomic E-state index is -1.15. The van der Waals surface area contributed by atoms with Gasteiger partial charge in [0, 0.05) is 0 Å². The molecule has 22 nitrogen and oxygen atoms in total. The summed E-state index contributed by atoms with van der Waals surface area (Å²) in [7, 11) is 0. The molecule has 0 aliphatic heterocycles. The van der Waals surface area contributed by atoms with E-state index in [4.69, 9.17) is 18.0 Å². The second kappa shape index (κ2) is 13.8. The molecule has 55 heavy (non-hydrogen) atoms.